The van der Waals surface area contributed by atoms with Crippen LogP contribution < -0.4 is 24.4 Å². The highest BCUT2D eigenvalue weighted by Gasteiger charge is 2.21. The number of benzene rings is 2. The third kappa shape index (κ3) is 4.76. The Morgan fingerprint density at radius 1 is 1.06 bits per heavy atom. The number of para-hydroxylation sites is 2. The third-order valence-corrected chi connectivity index (χ3v) is 5.97. The van der Waals surface area contributed by atoms with Crippen molar-refractivity contribution in [1.29, 1.82) is 0 Å². The number of nitrogens with one attached hydrogen (secondary N) is 1. The molecule has 5 rings (SSSR count). The molecule has 0 bridgehead atoms. The van der Waals surface area contributed by atoms with Crippen LogP contribution in [0.15, 0.2) is 46.9 Å². The number of piperazine rings is 1. The number of ether oxygens (including phenoxy) is 3. The zero-order chi connectivity index (χ0) is 23.3. The SMILES string of the molecule is COc1ccccc1N1CCN(CCCNC(=O)c2nnc(-c3ccc4c(c3)OCO4)o2)CC1. The number of aromatic nitrogens is 2. The first-order valence-electron chi connectivity index (χ1n) is 11.3. The lowest BCUT2D eigenvalue weighted by Gasteiger charge is -2.36. The van der Waals surface area contributed by atoms with E-state index < -0.39 is 0 Å². The van der Waals surface area contributed by atoms with E-state index in [-0.39, 0.29) is 24.5 Å². The fourth-order valence-corrected chi connectivity index (χ4v) is 4.14. The highest BCUT2D eigenvalue weighted by atomic mass is 16.7. The number of hydrogen-bond acceptors (Lipinski definition) is 9. The molecule has 1 amide bonds. The summed E-state index contributed by atoms with van der Waals surface area (Å²) in [5, 5.41) is 10.7. The van der Waals surface area contributed by atoms with Crippen LogP contribution in [0.2, 0.25) is 0 Å². The molecule has 1 saturated heterocycles. The summed E-state index contributed by atoms with van der Waals surface area (Å²) in [6, 6.07) is 13.4. The van der Waals surface area contributed by atoms with Crippen molar-refractivity contribution < 1.29 is 23.4 Å². The van der Waals surface area contributed by atoms with Crippen molar-refractivity contribution in [2.45, 2.75) is 6.42 Å². The monoisotopic (exact) mass is 465 g/mol. The van der Waals surface area contributed by atoms with Gasteiger partial charge in [0.2, 0.25) is 12.7 Å². The second-order valence-corrected chi connectivity index (χ2v) is 8.09. The number of fused-ring (bicyclic) bond motifs is 1. The molecule has 2 aliphatic heterocycles. The van der Waals surface area contributed by atoms with Crippen molar-refractivity contribution in [2.75, 3.05) is 58.1 Å². The maximum Gasteiger partial charge on any atom is 0.308 e. The molecule has 0 aliphatic carbocycles. The number of rotatable bonds is 8. The molecule has 0 unspecified atom stereocenters. The summed E-state index contributed by atoms with van der Waals surface area (Å²) in [6.45, 7) is 5.45. The highest BCUT2D eigenvalue weighted by molar-refractivity contribution is 5.89. The molecule has 2 aromatic carbocycles. The van der Waals surface area contributed by atoms with E-state index in [2.05, 4.69) is 31.4 Å². The molecule has 10 heteroatoms. The van der Waals surface area contributed by atoms with E-state index in [0.29, 0.717) is 23.6 Å². The smallest absolute Gasteiger partial charge is 0.308 e. The van der Waals surface area contributed by atoms with Crippen molar-refractivity contribution in [2.24, 2.45) is 0 Å². The number of nitrogens with zero attached hydrogens (tertiary/aromatic N) is 4. The maximum absolute atomic E-state index is 12.4. The first-order chi connectivity index (χ1) is 16.7. The summed E-state index contributed by atoms with van der Waals surface area (Å²) in [7, 11) is 1.70. The van der Waals surface area contributed by atoms with Gasteiger partial charge in [0.05, 0.1) is 12.8 Å². The molecule has 34 heavy (non-hydrogen) atoms. The van der Waals surface area contributed by atoms with Gasteiger partial charge in [-0.2, -0.15) is 0 Å². The molecule has 178 valence electrons. The minimum absolute atomic E-state index is 0.0573. The van der Waals surface area contributed by atoms with E-state index in [9.17, 15) is 4.79 Å². The Balaban J connectivity index is 1.05. The lowest BCUT2D eigenvalue weighted by Crippen LogP contribution is -2.47. The van der Waals surface area contributed by atoms with Gasteiger partial charge in [0.15, 0.2) is 11.5 Å². The van der Waals surface area contributed by atoms with Gasteiger partial charge in [-0.05, 0) is 43.3 Å². The van der Waals surface area contributed by atoms with Gasteiger partial charge in [0, 0.05) is 38.3 Å². The van der Waals surface area contributed by atoms with Crippen molar-refractivity contribution in [3.05, 3.63) is 48.4 Å². The lowest BCUT2D eigenvalue weighted by atomic mass is 10.2. The molecular weight excluding hydrogens is 438 g/mol. The lowest BCUT2D eigenvalue weighted by molar-refractivity contribution is 0.0917. The van der Waals surface area contributed by atoms with E-state index in [1.165, 1.54) is 0 Å². The topological polar surface area (TPSA) is 102 Å². The molecule has 1 aromatic heterocycles. The van der Waals surface area contributed by atoms with Gasteiger partial charge in [-0.15, -0.1) is 10.2 Å². The Bertz CT molecular complexity index is 1140. The fraction of sp³-hybridized carbons (Fsp3) is 0.375. The summed E-state index contributed by atoms with van der Waals surface area (Å²) < 4.78 is 21.7. The average Bonchev–Trinajstić information content (AvgIpc) is 3.56. The minimum atomic E-state index is -0.375. The first kappa shape index (κ1) is 22.0. The van der Waals surface area contributed by atoms with E-state index in [1.54, 1.807) is 25.3 Å². The van der Waals surface area contributed by atoms with E-state index in [0.717, 1.165) is 50.6 Å². The van der Waals surface area contributed by atoms with Crippen LogP contribution in [0.25, 0.3) is 11.5 Å². The molecule has 0 saturated carbocycles. The molecule has 3 heterocycles. The summed E-state index contributed by atoms with van der Waals surface area (Å²) in [6.07, 6.45) is 0.837. The van der Waals surface area contributed by atoms with Crippen molar-refractivity contribution in [1.82, 2.24) is 20.4 Å². The minimum Gasteiger partial charge on any atom is -0.495 e. The molecule has 3 aromatic rings. The summed E-state index contributed by atoms with van der Waals surface area (Å²) in [5.41, 5.74) is 1.81. The Morgan fingerprint density at radius 3 is 2.74 bits per heavy atom. The number of amides is 1. The van der Waals surface area contributed by atoms with Crippen molar-refractivity contribution >= 4 is 11.6 Å². The first-order valence-corrected chi connectivity index (χ1v) is 11.3. The van der Waals surface area contributed by atoms with E-state index in [1.807, 2.05) is 18.2 Å². The van der Waals surface area contributed by atoms with Gasteiger partial charge in [-0.1, -0.05) is 12.1 Å². The van der Waals surface area contributed by atoms with Crippen LogP contribution in [-0.4, -0.2) is 74.2 Å². The number of carbonyl (C=O) groups excluding carboxylic acids is 1. The van der Waals surface area contributed by atoms with E-state index in [4.69, 9.17) is 18.6 Å². The van der Waals surface area contributed by atoms with Crippen LogP contribution in [0.3, 0.4) is 0 Å². The van der Waals surface area contributed by atoms with Crippen LogP contribution in [-0.2, 0) is 0 Å². The largest absolute Gasteiger partial charge is 0.495 e. The van der Waals surface area contributed by atoms with Gasteiger partial charge in [-0.3, -0.25) is 9.69 Å². The molecule has 1 fully saturated rings. The number of anilines is 1. The second-order valence-electron chi connectivity index (χ2n) is 8.09. The second kappa shape index (κ2) is 10.0. The molecule has 0 spiro atoms. The Morgan fingerprint density at radius 2 is 1.88 bits per heavy atom. The molecular formula is C24H27N5O5. The zero-order valence-corrected chi connectivity index (χ0v) is 19.0. The number of hydrogen-bond donors (Lipinski definition) is 1. The average molecular weight is 466 g/mol. The standard InChI is InChI=1S/C24H27N5O5/c1-31-19-6-3-2-5-18(19)29-13-11-28(12-14-29)10-4-9-25-22(30)24-27-26-23(34-24)17-7-8-20-21(15-17)33-16-32-20/h2-3,5-8,15H,4,9-14,16H2,1H3,(H,25,30). The molecule has 0 atom stereocenters. The highest BCUT2D eigenvalue weighted by Crippen LogP contribution is 2.35. The third-order valence-electron chi connectivity index (χ3n) is 5.97. The molecule has 0 radical (unpaired) electrons. The van der Waals surface area contributed by atoms with Gasteiger partial charge in [-0.25, -0.2) is 0 Å². The van der Waals surface area contributed by atoms with Crippen LogP contribution in [0.4, 0.5) is 5.69 Å². The van der Waals surface area contributed by atoms with Crippen LogP contribution in [0.5, 0.6) is 17.2 Å². The van der Waals surface area contributed by atoms with Gasteiger partial charge in [0.25, 0.3) is 0 Å². The van der Waals surface area contributed by atoms with Crippen LogP contribution in [0.1, 0.15) is 17.1 Å². The molecule has 10 nitrogen and oxygen atoms in total. The quantitative estimate of drug-likeness (QED) is 0.503. The van der Waals surface area contributed by atoms with Crippen LogP contribution >= 0.6 is 0 Å². The van der Waals surface area contributed by atoms with Gasteiger partial charge >= 0.3 is 11.8 Å². The number of carbonyl (C=O) groups is 1. The molecule has 2 aliphatic rings. The van der Waals surface area contributed by atoms with Gasteiger partial charge in [0.1, 0.15) is 5.75 Å². The summed E-state index contributed by atoms with van der Waals surface area (Å²) >= 11 is 0. The van der Waals surface area contributed by atoms with E-state index >= 15 is 0 Å². The summed E-state index contributed by atoms with van der Waals surface area (Å²) in [4.78, 5) is 17.2. The Labute approximate surface area is 197 Å². The predicted octanol–water partition coefficient (Wildman–Crippen LogP) is 2.42. The van der Waals surface area contributed by atoms with Crippen LogP contribution in [0, 0.1) is 0 Å². The Kier molecular flexibility index (Phi) is 6.48. The normalized spacial score (nSPS) is 15.4. The maximum atomic E-state index is 12.4. The van der Waals surface area contributed by atoms with Crippen molar-refractivity contribution in [3.63, 3.8) is 0 Å². The molecule has 1 N–H and O–H groups in total. The predicted molar refractivity (Wildman–Crippen MR) is 124 cm³/mol. The summed E-state index contributed by atoms with van der Waals surface area (Å²) in [5.74, 6) is 2.02. The van der Waals surface area contributed by atoms with Crippen molar-refractivity contribution in [3.8, 4) is 28.7 Å². The van der Waals surface area contributed by atoms with Gasteiger partial charge < -0.3 is 28.8 Å². The number of methoxy groups -OCH3 is 1. The zero-order valence-electron chi connectivity index (χ0n) is 19.0. The fourth-order valence-electron chi connectivity index (χ4n) is 4.14. The Hall–Kier alpha value is -3.79.